The molecule has 0 aliphatic carbocycles. The van der Waals surface area contributed by atoms with Crippen LogP contribution >= 0.6 is 34.4 Å². The van der Waals surface area contributed by atoms with Gasteiger partial charge < -0.3 is 0 Å². The van der Waals surface area contributed by atoms with Crippen LogP contribution in [0.25, 0.3) is 10.2 Å². The van der Waals surface area contributed by atoms with E-state index in [9.17, 15) is 18.0 Å². The molecule has 11 heteroatoms. The molecular weight excluding hydrogens is 426 g/mol. The van der Waals surface area contributed by atoms with Crippen LogP contribution in [0.15, 0.2) is 33.5 Å². The van der Waals surface area contributed by atoms with Crippen LogP contribution in [-0.4, -0.2) is 42.3 Å². The molecule has 0 fully saturated rings. The zero-order chi connectivity index (χ0) is 19.6. The van der Waals surface area contributed by atoms with Crippen molar-refractivity contribution in [3.05, 3.63) is 43.7 Å². The Balaban J connectivity index is 1.63. The Morgan fingerprint density at radius 2 is 2.11 bits per heavy atom. The molecule has 0 amide bonds. The van der Waals surface area contributed by atoms with Gasteiger partial charge in [-0.1, -0.05) is 11.8 Å². The Kier molecular flexibility index (Phi) is 6.16. The molecular formula is C16H17N3O4S4. The van der Waals surface area contributed by atoms with Gasteiger partial charge in [0.15, 0.2) is 10.9 Å². The van der Waals surface area contributed by atoms with Gasteiger partial charge in [-0.3, -0.25) is 14.2 Å². The lowest BCUT2D eigenvalue weighted by molar-refractivity contribution is 0.102. The minimum atomic E-state index is -3.21. The molecule has 0 bridgehead atoms. The van der Waals surface area contributed by atoms with Crippen LogP contribution in [0.4, 0.5) is 0 Å². The fourth-order valence-electron chi connectivity index (χ4n) is 2.32. The normalized spacial score (nSPS) is 11.9. The molecule has 7 nitrogen and oxygen atoms in total. The van der Waals surface area contributed by atoms with Gasteiger partial charge >= 0.3 is 0 Å². The summed E-state index contributed by atoms with van der Waals surface area (Å²) in [6.07, 6.45) is 1.64. The summed E-state index contributed by atoms with van der Waals surface area (Å²) < 4.78 is 26.7. The summed E-state index contributed by atoms with van der Waals surface area (Å²) in [7, 11) is -1.56. The van der Waals surface area contributed by atoms with Gasteiger partial charge in [-0.05, 0) is 30.0 Å². The molecule has 0 aromatic carbocycles. The summed E-state index contributed by atoms with van der Waals surface area (Å²) >= 11 is 3.94. The topological polar surface area (TPSA) is 98.1 Å². The number of rotatable bonds is 8. The summed E-state index contributed by atoms with van der Waals surface area (Å²) in [5, 5.41) is 2.33. The van der Waals surface area contributed by atoms with Crippen molar-refractivity contribution in [2.24, 2.45) is 7.05 Å². The van der Waals surface area contributed by atoms with Crippen molar-refractivity contribution in [3.8, 4) is 0 Å². The van der Waals surface area contributed by atoms with Crippen molar-refractivity contribution >= 4 is 60.5 Å². The SMILES string of the molecule is Cn1c(SCC(=O)c2ccc(CCNS(C)(=O)=O)s2)nc2ccsc2c1=O. The maximum atomic E-state index is 12.4. The quantitative estimate of drug-likeness (QED) is 0.325. The number of thioether (sulfide) groups is 1. The van der Waals surface area contributed by atoms with Crippen molar-refractivity contribution in [3.63, 3.8) is 0 Å². The number of thiophene rings is 2. The average Bonchev–Trinajstić information content (AvgIpc) is 3.24. The molecule has 0 unspecified atom stereocenters. The third-order valence-corrected chi connectivity index (χ3v) is 7.49. The molecule has 0 aliphatic rings. The first-order valence-electron chi connectivity index (χ1n) is 7.88. The van der Waals surface area contributed by atoms with E-state index in [1.807, 2.05) is 11.4 Å². The van der Waals surface area contributed by atoms with Crippen LogP contribution in [0.1, 0.15) is 14.5 Å². The number of aromatic nitrogens is 2. The highest BCUT2D eigenvalue weighted by molar-refractivity contribution is 7.99. The lowest BCUT2D eigenvalue weighted by atomic mass is 10.3. The summed E-state index contributed by atoms with van der Waals surface area (Å²) in [6, 6.07) is 5.37. The van der Waals surface area contributed by atoms with Gasteiger partial charge in [-0.25, -0.2) is 18.1 Å². The maximum absolute atomic E-state index is 12.4. The van der Waals surface area contributed by atoms with E-state index < -0.39 is 10.0 Å². The first-order valence-corrected chi connectivity index (χ1v) is 12.5. The van der Waals surface area contributed by atoms with Gasteiger partial charge in [0.2, 0.25) is 10.0 Å². The number of nitrogens with one attached hydrogen (secondary N) is 1. The smallest absolute Gasteiger partial charge is 0.271 e. The number of carbonyl (C=O) groups is 1. The Morgan fingerprint density at radius 3 is 2.85 bits per heavy atom. The summed E-state index contributed by atoms with van der Waals surface area (Å²) in [6.45, 7) is 0.300. The van der Waals surface area contributed by atoms with E-state index in [0.29, 0.717) is 33.2 Å². The summed E-state index contributed by atoms with van der Waals surface area (Å²) in [5.41, 5.74) is 0.538. The van der Waals surface area contributed by atoms with E-state index >= 15 is 0 Å². The first-order chi connectivity index (χ1) is 12.7. The summed E-state index contributed by atoms with van der Waals surface area (Å²) in [4.78, 5) is 30.7. The zero-order valence-corrected chi connectivity index (χ0v) is 17.9. The van der Waals surface area contributed by atoms with Gasteiger partial charge in [0.05, 0.1) is 22.4 Å². The third kappa shape index (κ3) is 5.05. The molecule has 0 spiro atoms. The molecule has 0 radical (unpaired) electrons. The Hall–Kier alpha value is -1.53. The Labute approximate surface area is 168 Å². The van der Waals surface area contributed by atoms with Crippen LogP contribution in [0.2, 0.25) is 0 Å². The van der Waals surface area contributed by atoms with Crippen molar-refractivity contribution < 1.29 is 13.2 Å². The van der Waals surface area contributed by atoms with Gasteiger partial charge in [0.1, 0.15) is 4.70 Å². The van der Waals surface area contributed by atoms with Gasteiger partial charge in [-0.2, -0.15) is 0 Å². The highest BCUT2D eigenvalue weighted by Crippen LogP contribution is 2.23. The van der Waals surface area contributed by atoms with Crippen molar-refractivity contribution in [2.45, 2.75) is 11.6 Å². The second-order valence-electron chi connectivity index (χ2n) is 5.79. The number of Topliss-reactive ketones (excluding diaryl/α,β-unsaturated/α-hetero) is 1. The fourth-order valence-corrected chi connectivity index (χ4v) is 5.49. The van der Waals surface area contributed by atoms with Gasteiger partial charge in [-0.15, -0.1) is 22.7 Å². The predicted octanol–water partition coefficient (Wildman–Crippen LogP) is 2.12. The highest BCUT2D eigenvalue weighted by Gasteiger charge is 2.14. The van der Waals surface area contributed by atoms with Crippen LogP contribution in [0.3, 0.4) is 0 Å². The number of carbonyl (C=O) groups excluding carboxylic acids is 1. The third-order valence-electron chi connectivity index (χ3n) is 3.65. The van der Waals surface area contributed by atoms with Gasteiger partial charge in [0.25, 0.3) is 5.56 Å². The largest absolute Gasteiger partial charge is 0.292 e. The Morgan fingerprint density at radius 1 is 1.33 bits per heavy atom. The van der Waals surface area contributed by atoms with Crippen molar-refractivity contribution in [2.75, 3.05) is 18.6 Å². The van der Waals surface area contributed by atoms with E-state index in [1.54, 1.807) is 19.2 Å². The van der Waals surface area contributed by atoms with Gasteiger partial charge in [0, 0.05) is 18.5 Å². The molecule has 0 saturated carbocycles. The van der Waals surface area contributed by atoms with E-state index in [4.69, 9.17) is 0 Å². The fraction of sp³-hybridized carbons (Fsp3) is 0.312. The number of hydrogen-bond acceptors (Lipinski definition) is 8. The van der Waals surface area contributed by atoms with E-state index in [2.05, 4.69) is 9.71 Å². The molecule has 0 saturated heterocycles. The van der Waals surface area contributed by atoms with E-state index in [1.165, 1.54) is 39.0 Å². The molecule has 0 aliphatic heterocycles. The minimum absolute atomic E-state index is 0.0491. The predicted molar refractivity (Wildman–Crippen MR) is 111 cm³/mol. The molecule has 27 heavy (non-hydrogen) atoms. The number of fused-ring (bicyclic) bond motifs is 1. The van der Waals surface area contributed by atoms with Crippen LogP contribution in [0, 0.1) is 0 Å². The van der Waals surface area contributed by atoms with Crippen LogP contribution in [-0.2, 0) is 23.5 Å². The lowest BCUT2D eigenvalue weighted by Crippen LogP contribution is -2.23. The highest BCUT2D eigenvalue weighted by atomic mass is 32.2. The molecule has 144 valence electrons. The van der Waals surface area contributed by atoms with Crippen molar-refractivity contribution in [1.82, 2.24) is 14.3 Å². The van der Waals surface area contributed by atoms with Crippen LogP contribution in [0.5, 0.6) is 0 Å². The van der Waals surface area contributed by atoms with Crippen LogP contribution < -0.4 is 10.3 Å². The lowest BCUT2D eigenvalue weighted by Gasteiger charge is -2.06. The zero-order valence-electron chi connectivity index (χ0n) is 14.6. The monoisotopic (exact) mass is 443 g/mol. The average molecular weight is 444 g/mol. The Bertz CT molecular complexity index is 1140. The minimum Gasteiger partial charge on any atom is -0.292 e. The first kappa shape index (κ1) is 20.2. The van der Waals surface area contributed by atoms with Crippen molar-refractivity contribution in [1.29, 1.82) is 0 Å². The molecule has 0 atom stereocenters. The number of nitrogens with zero attached hydrogens (tertiary/aromatic N) is 2. The number of sulfonamides is 1. The number of ketones is 1. The molecule has 3 heterocycles. The molecule has 1 N–H and O–H groups in total. The second kappa shape index (κ2) is 8.23. The standard InChI is InChI=1S/C16H17N3O4S4/c1-19-15(21)14-11(6-8-24-14)18-16(19)25-9-12(20)13-4-3-10(26-13)5-7-17-27(2,22)23/h3-4,6,8,17H,5,7,9H2,1-2H3. The molecule has 3 aromatic heterocycles. The summed E-state index contributed by atoms with van der Waals surface area (Å²) in [5.74, 6) is 0.129. The second-order valence-corrected chi connectivity index (χ2v) is 10.6. The molecule has 3 rings (SSSR count). The van der Waals surface area contributed by atoms with E-state index in [-0.39, 0.29) is 17.1 Å². The van der Waals surface area contributed by atoms with E-state index in [0.717, 1.165) is 11.1 Å². The molecule has 3 aromatic rings. The number of hydrogen-bond donors (Lipinski definition) is 1. The maximum Gasteiger partial charge on any atom is 0.271 e.